The molecule has 26 aromatic carbocycles. The summed E-state index contributed by atoms with van der Waals surface area (Å²) in [7, 11) is -3.23. The highest BCUT2D eigenvalue weighted by molar-refractivity contribution is 6.93. The largest absolute Gasteiger partial charge is 0.0792 e. The first kappa shape index (κ1) is 84.0. The van der Waals surface area contributed by atoms with Crippen LogP contribution in [0.3, 0.4) is 0 Å². The molecule has 26 rings (SSSR count). The van der Waals surface area contributed by atoms with Gasteiger partial charge in [0.05, 0.1) is 16.1 Å². The molecule has 0 heterocycles. The third kappa shape index (κ3) is 14.6. The first-order chi connectivity index (χ1) is 67.8. The fraction of sp³-hybridized carbons (Fsp3) is 0.0441. The van der Waals surface area contributed by atoms with E-state index in [9.17, 15) is 0 Å². The number of hydrogen-bond acceptors (Lipinski definition) is 0. The van der Waals surface area contributed by atoms with Gasteiger partial charge in [-0.25, -0.2) is 0 Å². The number of benzene rings is 26. The molecule has 26 aromatic rings. The highest BCUT2D eigenvalue weighted by Crippen LogP contribution is 2.48. The van der Waals surface area contributed by atoms with E-state index in [1.165, 1.54) is 227 Å². The number of rotatable bonds is 6. The lowest BCUT2D eigenvalue weighted by Crippen LogP contribution is -2.39. The molecule has 0 aromatic heterocycles. The summed E-state index contributed by atoms with van der Waals surface area (Å²) in [5, 5.41) is 42.8. The Morgan fingerprint density at radius 3 is 0.623 bits per heavy atom. The molecule has 0 spiro atoms. The highest BCUT2D eigenvalue weighted by atomic mass is 28.3. The molecule has 138 heavy (non-hydrogen) atoms. The zero-order valence-electron chi connectivity index (χ0n) is 77.9. The summed E-state index contributed by atoms with van der Waals surface area (Å²) in [5.41, 5.74) is 16.4. The van der Waals surface area contributed by atoms with Crippen molar-refractivity contribution in [2.24, 2.45) is 0 Å². The van der Waals surface area contributed by atoms with Crippen LogP contribution in [0, 0.1) is 35.5 Å². The average molecular weight is 1780 g/mol. The molecule has 646 valence electrons. The van der Waals surface area contributed by atoms with Gasteiger partial charge < -0.3 is 0 Å². The molecule has 0 saturated heterocycles. The molecule has 2 heteroatoms. The van der Waals surface area contributed by atoms with Gasteiger partial charge in [0.15, 0.2) is 0 Å². The second kappa shape index (κ2) is 34.8. The summed E-state index contributed by atoms with van der Waals surface area (Å²) in [6, 6.07) is 167. The van der Waals surface area contributed by atoms with E-state index in [0.717, 1.165) is 33.4 Å². The smallest absolute Gasteiger partial charge is 0.0656 e. The Morgan fingerprint density at radius 1 is 0.130 bits per heavy atom. The van der Waals surface area contributed by atoms with Gasteiger partial charge in [-0.1, -0.05) is 524 Å². The molecule has 0 aliphatic heterocycles. The first-order valence-electron chi connectivity index (χ1n) is 48.0. The summed E-state index contributed by atoms with van der Waals surface area (Å²) in [5.74, 6) is 22.6. The van der Waals surface area contributed by atoms with Crippen molar-refractivity contribution in [3.63, 3.8) is 0 Å². The van der Waals surface area contributed by atoms with Crippen LogP contribution in [0.2, 0.25) is 39.3 Å². The summed E-state index contributed by atoms with van der Waals surface area (Å²) in [6.45, 7) is 14.7. The second-order valence-electron chi connectivity index (χ2n) is 38.4. The van der Waals surface area contributed by atoms with Crippen molar-refractivity contribution in [2.45, 2.75) is 39.3 Å². The zero-order valence-corrected chi connectivity index (χ0v) is 79.9. The van der Waals surface area contributed by atoms with Crippen molar-refractivity contribution in [3.05, 3.63) is 494 Å². The average Bonchev–Trinajstić information content (AvgIpc) is 0.734. The van der Waals surface area contributed by atoms with Gasteiger partial charge in [-0.2, -0.15) is 0 Å². The van der Waals surface area contributed by atoms with Crippen LogP contribution in [0.25, 0.3) is 217 Å². The van der Waals surface area contributed by atoms with E-state index in [2.05, 4.69) is 536 Å². The zero-order chi connectivity index (χ0) is 92.7. The minimum absolute atomic E-state index is 1.06. The van der Waals surface area contributed by atoms with Gasteiger partial charge in [0.1, 0.15) is 0 Å². The van der Waals surface area contributed by atoms with E-state index < -0.39 is 16.1 Å². The van der Waals surface area contributed by atoms with Gasteiger partial charge in [0.2, 0.25) is 0 Å². The van der Waals surface area contributed by atoms with Crippen LogP contribution in [0.1, 0.15) is 33.4 Å². The van der Waals surface area contributed by atoms with Crippen molar-refractivity contribution in [1.29, 1.82) is 0 Å². The van der Waals surface area contributed by atoms with E-state index in [0.29, 0.717) is 0 Å². The Hall–Kier alpha value is -17.0. The molecule has 0 fully saturated rings. The monoisotopic (exact) mass is 1780 g/mol. The maximum Gasteiger partial charge on any atom is 0.0792 e. The van der Waals surface area contributed by atoms with Crippen molar-refractivity contribution in [3.8, 4) is 80.0 Å². The molecule has 0 aliphatic carbocycles. The lowest BCUT2D eigenvalue weighted by atomic mass is 9.85. The maximum absolute atomic E-state index is 3.79. The molecule has 0 aliphatic rings. The highest BCUT2D eigenvalue weighted by Gasteiger charge is 2.28. The lowest BCUT2D eigenvalue weighted by molar-refractivity contribution is 1.66. The SMILES string of the molecule is C(#Cc1c2ccccc2c(-c2cc3ccccc3c3ccccc23)c2ccccc12)c1c2ccccc2c(-c2ccccc2)c2ccccc12.C(#Cc1c2ccccc2c(-c2ccc3c(ccc4ccccc43)c2)c2ccccc12)c1c2ccccc2c(-c2ccccc2)c2ccccc12.C[Si](C)(C)c1c2ccccc2c(C#Cc2c3ccccc3c([Si](C)(C)C)c3ccccc23)c2ccccc12. The fourth-order valence-electron chi connectivity index (χ4n) is 22.4. The van der Waals surface area contributed by atoms with Gasteiger partial charge in [-0.3, -0.25) is 0 Å². The third-order valence-corrected chi connectivity index (χ3v) is 32.3. The molecule has 0 unspecified atom stereocenters. The van der Waals surface area contributed by atoms with Gasteiger partial charge in [-0.05, 0) is 239 Å². The van der Waals surface area contributed by atoms with E-state index in [4.69, 9.17) is 0 Å². The summed E-state index contributed by atoms with van der Waals surface area (Å²) in [6.07, 6.45) is 0. The molecule has 0 radical (unpaired) electrons. The van der Waals surface area contributed by atoms with E-state index >= 15 is 0 Å². The predicted molar refractivity (Wildman–Crippen MR) is 604 cm³/mol. The van der Waals surface area contributed by atoms with Crippen LogP contribution in [0.4, 0.5) is 0 Å². The molecule has 0 bridgehead atoms. The van der Waals surface area contributed by atoms with E-state index in [-0.39, 0.29) is 0 Å². The fourth-order valence-corrected chi connectivity index (χ4v) is 26.5. The number of fused-ring (bicyclic) bond motifs is 18. The molecule has 0 nitrogen and oxygen atoms in total. The Labute approximate surface area is 806 Å². The van der Waals surface area contributed by atoms with Crippen molar-refractivity contribution >= 4 is 199 Å². The van der Waals surface area contributed by atoms with Crippen LogP contribution in [0.5, 0.6) is 0 Å². The molecular formula is C136H94Si2. The Kier molecular flexibility index (Phi) is 21.2. The first-order valence-corrected chi connectivity index (χ1v) is 55.0. The Bertz CT molecular complexity index is 9270. The normalized spacial score (nSPS) is 11.7. The molecule has 0 amide bonds. The van der Waals surface area contributed by atoms with Gasteiger partial charge in [-0.15, -0.1) is 0 Å². The summed E-state index contributed by atoms with van der Waals surface area (Å²) >= 11 is 0. The minimum atomic E-state index is -1.61. The van der Waals surface area contributed by atoms with Crippen LogP contribution in [-0.2, 0) is 0 Å². The van der Waals surface area contributed by atoms with Crippen LogP contribution >= 0.6 is 0 Å². The van der Waals surface area contributed by atoms with Gasteiger partial charge in [0, 0.05) is 33.4 Å². The lowest BCUT2D eigenvalue weighted by Gasteiger charge is -2.24. The van der Waals surface area contributed by atoms with Crippen LogP contribution < -0.4 is 10.4 Å². The van der Waals surface area contributed by atoms with Gasteiger partial charge >= 0.3 is 0 Å². The Morgan fingerprint density at radius 2 is 0.326 bits per heavy atom. The second-order valence-corrected chi connectivity index (χ2v) is 48.4. The van der Waals surface area contributed by atoms with Gasteiger partial charge in [0.25, 0.3) is 0 Å². The van der Waals surface area contributed by atoms with Crippen LogP contribution in [0.15, 0.2) is 461 Å². The molecular weight excluding hydrogens is 1690 g/mol. The topological polar surface area (TPSA) is 0 Å². The summed E-state index contributed by atoms with van der Waals surface area (Å²) in [4.78, 5) is 0. The quantitative estimate of drug-likeness (QED) is 0.0674. The summed E-state index contributed by atoms with van der Waals surface area (Å²) < 4.78 is 0. The minimum Gasteiger partial charge on any atom is -0.0656 e. The van der Waals surface area contributed by atoms with Crippen LogP contribution in [-0.4, -0.2) is 16.1 Å². The van der Waals surface area contributed by atoms with Crippen molar-refractivity contribution in [2.75, 3.05) is 0 Å². The molecule has 0 N–H and O–H groups in total. The standard InChI is InChI=1S/2C50H30.C36H34Si2/c1-2-15-34(16-3-1)49-45-22-10-6-18-39(45)43(40-19-7-11-23-46(40)49)30-31-44-41-20-8-12-24-47(41)50(48-25-13-9-21-42(44)48)36-28-29-38-35(32-36)27-26-33-14-4-5-17-37(33)38;1-2-16-33(17-3-1)49-44-26-12-8-21-37(44)42(38-22-9-13-27-45(38)49)30-31-43-39-23-10-14-28-46(39)50(47-29-15-11-24-40(43)47)48-32-34-18-4-5-19-35(34)36-20-6-7-25-41(36)48;1-37(2,3)35-31-19-11-7-15-25(31)29(26-16-8-12-20-32(26)35)23-24-30-27-17-9-13-21-33(27)36(38(4,5)6)34-22-14-10-18-28(30)34/h2*1-29,32H;7-22H,1-6H3. The van der Waals surface area contributed by atoms with Crippen molar-refractivity contribution in [1.82, 2.24) is 0 Å². The van der Waals surface area contributed by atoms with E-state index in [1.807, 2.05) is 0 Å². The predicted octanol–water partition coefficient (Wildman–Crippen LogP) is 35.5. The molecule has 0 saturated carbocycles. The molecule has 0 atom stereocenters. The van der Waals surface area contributed by atoms with E-state index in [1.54, 1.807) is 0 Å². The van der Waals surface area contributed by atoms with Crippen molar-refractivity contribution < 1.29 is 0 Å². The number of hydrogen-bond donors (Lipinski definition) is 0. The maximum atomic E-state index is 3.79. The third-order valence-electron chi connectivity index (χ3n) is 28.2. The Balaban J connectivity index is 0.000000114.